The molecule has 104 valence electrons. The second kappa shape index (κ2) is 10.1. The Hall–Kier alpha value is -0.830. The zero-order chi connectivity index (χ0) is 13.1. The van der Waals surface area contributed by atoms with Crippen LogP contribution in [0.4, 0.5) is 0 Å². The maximum Gasteiger partial charge on any atom is 0.243 e. The third-order valence-corrected chi connectivity index (χ3v) is 3.40. The van der Waals surface area contributed by atoms with Gasteiger partial charge in [0.05, 0.1) is 0 Å². The van der Waals surface area contributed by atoms with Crippen molar-refractivity contribution in [3.8, 4) is 0 Å². The summed E-state index contributed by atoms with van der Waals surface area (Å²) < 4.78 is 5.29. The van der Waals surface area contributed by atoms with Gasteiger partial charge in [-0.1, -0.05) is 32.3 Å². The normalized spacial score (nSPS) is 17.2. The van der Waals surface area contributed by atoms with Gasteiger partial charge in [0, 0.05) is 19.8 Å². The Morgan fingerprint density at radius 3 is 2.78 bits per heavy atom. The maximum absolute atomic E-state index is 11.5. The van der Waals surface area contributed by atoms with Crippen LogP contribution in [-0.4, -0.2) is 25.7 Å². The van der Waals surface area contributed by atoms with E-state index in [1.807, 2.05) is 6.08 Å². The van der Waals surface area contributed by atoms with E-state index in [0.717, 1.165) is 39.0 Å². The molecule has 3 heteroatoms. The van der Waals surface area contributed by atoms with Crippen molar-refractivity contribution >= 4 is 5.91 Å². The van der Waals surface area contributed by atoms with Crippen molar-refractivity contribution in [2.45, 2.75) is 51.9 Å². The van der Waals surface area contributed by atoms with Gasteiger partial charge in [0.25, 0.3) is 0 Å². The van der Waals surface area contributed by atoms with Crippen LogP contribution in [-0.2, 0) is 9.53 Å². The molecule has 1 amide bonds. The summed E-state index contributed by atoms with van der Waals surface area (Å²) in [4.78, 5) is 11.5. The minimum atomic E-state index is 0.0528. The van der Waals surface area contributed by atoms with Crippen LogP contribution in [0, 0.1) is 5.92 Å². The smallest absolute Gasteiger partial charge is 0.243 e. The molecule has 0 saturated carbocycles. The highest BCUT2D eigenvalue weighted by atomic mass is 16.5. The summed E-state index contributed by atoms with van der Waals surface area (Å²) in [6, 6.07) is 0. The van der Waals surface area contributed by atoms with Crippen molar-refractivity contribution in [2.75, 3.05) is 19.8 Å². The highest BCUT2D eigenvalue weighted by Gasteiger charge is 2.13. The first kappa shape index (κ1) is 15.2. The molecule has 0 aliphatic carbocycles. The number of hydrogen-bond acceptors (Lipinski definition) is 2. The first-order chi connectivity index (χ1) is 8.83. The lowest BCUT2D eigenvalue weighted by Gasteiger charge is -2.21. The van der Waals surface area contributed by atoms with Gasteiger partial charge in [0.1, 0.15) is 0 Å². The molecule has 0 atom stereocenters. The van der Waals surface area contributed by atoms with E-state index in [4.69, 9.17) is 4.74 Å². The van der Waals surface area contributed by atoms with Gasteiger partial charge in [-0.05, 0) is 37.7 Å². The number of nitrogens with one attached hydrogen (secondary N) is 1. The van der Waals surface area contributed by atoms with Gasteiger partial charge < -0.3 is 10.1 Å². The predicted molar refractivity (Wildman–Crippen MR) is 74.5 cm³/mol. The molecule has 0 aromatic carbocycles. The molecule has 1 fully saturated rings. The first-order valence-electron chi connectivity index (χ1n) is 7.35. The monoisotopic (exact) mass is 253 g/mol. The van der Waals surface area contributed by atoms with Gasteiger partial charge >= 0.3 is 0 Å². The van der Waals surface area contributed by atoms with Crippen LogP contribution in [0.25, 0.3) is 0 Å². The molecule has 0 unspecified atom stereocenters. The number of carbonyl (C=O) groups is 1. The second-order valence-corrected chi connectivity index (χ2v) is 5.05. The van der Waals surface area contributed by atoms with E-state index in [-0.39, 0.29) is 5.91 Å². The minimum absolute atomic E-state index is 0.0528. The van der Waals surface area contributed by atoms with Crippen molar-refractivity contribution in [1.82, 2.24) is 5.32 Å². The van der Waals surface area contributed by atoms with E-state index in [0.29, 0.717) is 5.92 Å². The van der Waals surface area contributed by atoms with Gasteiger partial charge in [0.2, 0.25) is 5.91 Å². The average Bonchev–Trinajstić information content (AvgIpc) is 2.41. The molecule has 1 N–H and O–H groups in total. The molecule has 0 spiro atoms. The number of allylic oxidation sites excluding steroid dienone is 1. The number of ether oxygens (including phenoxy) is 1. The largest absolute Gasteiger partial charge is 0.381 e. The van der Waals surface area contributed by atoms with Crippen LogP contribution in [0.2, 0.25) is 0 Å². The summed E-state index contributed by atoms with van der Waals surface area (Å²) in [5.74, 6) is 0.651. The number of carbonyl (C=O) groups excluding carboxylic acids is 1. The number of rotatable bonds is 8. The molecule has 1 heterocycles. The fraction of sp³-hybridized carbons (Fsp3) is 0.800. The molecule has 0 radical (unpaired) electrons. The van der Waals surface area contributed by atoms with Crippen molar-refractivity contribution in [1.29, 1.82) is 0 Å². The Morgan fingerprint density at radius 2 is 2.06 bits per heavy atom. The Bertz CT molecular complexity index is 245. The Balaban J connectivity index is 2.00. The van der Waals surface area contributed by atoms with Crippen LogP contribution in [0.5, 0.6) is 0 Å². The van der Waals surface area contributed by atoms with Crippen LogP contribution in [0.15, 0.2) is 12.2 Å². The Morgan fingerprint density at radius 1 is 1.28 bits per heavy atom. The van der Waals surface area contributed by atoms with Crippen LogP contribution < -0.4 is 5.32 Å². The molecule has 0 bridgehead atoms. The van der Waals surface area contributed by atoms with Crippen molar-refractivity contribution in [3.05, 3.63) is 12.2 Å². The Labute approximate surface area is 111 Å². The van der Waals surface area contributed by atoms with E-state index in [2.05, 4.69) is 12.2 Å². The van der Waals surface area contributed by atoms with E-state index in [1.165, 1.54) is 25.7 Å². The SMILES string of the molecule is CCCCCCC=CC(=O)NCC1CCOCC1. The summed E-state index contributed by atoms with van der Waals surface area (Å²) in [6.45, 7) is 4.68. The summed E-state index contributed by atoms with van der Waals surface area (Å²) in [6.07, 6.45) is 11.9. The van der Waals surface area contributed by atoms with E-state index in [9.17, 15) is 4.79 Å². The summed E-state index contributed by atoms with van der Waals surface area (Å²) in [7, 11) is 0. The first-order valence-corrected chi connectivity index (χ1v) is 7.35. The zero-order valence-corrected chi connectivity index (χ0v) is 11.6. The van der Waals surface area contributed by atoms with Gasteiger partial charge in [0.15, 0.2) is 0 Å². The zero-order valence-electron chi connectivity index (χ0n) is 11.6. The minimum Gasteiger partial charge on any atom is -0.381 e. The predicted octanol–water partition coefficient (Wildman–Crippen LogP) is 3.06. The number of hydrogen-bond donors (Lipinski definition) is 1. The van der Waals surface area contributed by atoms with Crippen LogP contribution >= 0.6 is 0 Å². The van der Waals surface area contributed by atoms with Crippen LogP contribution in [0.1, 0.15) is 51.9 Å². The molecular weight excluding hydrogens is 226 g/mol. The molecule has 1 rings (SSSR count). The Kier molecular flexibility index (Phi) is 8.57. The summed E-state index contributed by atoms with van der Waals surface area (Å²) in [5.41, 5.74) is 0. The maximum atomic E-state index is 11.5. The lowest BCUT2D eigenvalue weighted by Crippen LogP contribution is -2.31. The second-order valence-electron chi connectivity index (χ2n) is 5.05. The molecule has 18 heavy (non-hydrogen) atoms. The highest BCUT2D eigenvalue weighted by Crippen LogP contribution is 2.13. The van der Waals surface area contributed by atoms with Gasteiger partial charge in [-0.15, -0.1) is 0 Å². The molecule has 3 nitrogen and oxygen atoms in total. The quantitative estimate of drug-likeness (QED) is 0.533. The lowest BCUT2D eigenvalue weighted by molar-refractivity contribution is -0.116. The standard InChI is InChI=1S/C15H27NO2/c1-2-3-4-5-6-7-8-15(17)16-13-14-9-11-18-12-10-14/h7-8,14H,2-6,9-13H2,1H3,(H,16,17). The van der Waals surface area contributed by atoms with Crippen molar-refractivity contribution < 1.29 is 9.53 Å². The van der Waals surface area contributed by atoms with Crippen molar-refractivity contribution in [3.63, 3.8) is 0 Å². The fourth-order valence-electron chi connectivity index (χ4n) is 2.13. The van der Waals surface area contributed by atoms with Gasteiger partial charge in [-0.3, -0.25) is 4.79 Å². The van der Waals surface area contributed by atoms with E-state index >= 15 is 0 Å². The average molecular weight is 253 g/mol. The fourth-order valence-corrected chi connectivity index (χ4v) is 2.13. The molecule has 1 aliphatic rings. The van der Waals surface area contributed by atoms with E-state index in [1.54, 1.807) is 6.08 Å². The van der Waals surface area contributed by atoms with E-state index < -0.39 is 0 Å². The van der Waals surface area contributed by atoms with Crippen molar-refractivity contribution in [2.24, 2.45) is 5.92 Å². The van der Waals surface area contributed by atoms with Gasteiger partial charge in [-0.25, -0.2) is 0 Å². The third-order valence-electron chi connectivity index (χ3n) is 3.40. The molecular formula is C15H27NO2. The molecule has 0 aromatic rings. The third kappa shape index (κ3) is 7.49. The van der Waals surface area contributed by atoms with Crippen LogP contribution in [0.3, 0.4) is 0 Å². The number of amides is 1. The lowest BCUT2D eigenvalue weighted by atomic mass is 10.0. The number of unbranched alkanes of at least 4 members (excludes halogenated alkanes) is 4. The highest BCUT2D eigenvalue weighted by molar-refractivity contribution is 5.87. The molecule has 0 aromatic heterocycles. The molecule has 1 saturated heterocycles. The van der Waals surface area contributed by atoms with Gasteiger partial charge in [-0.2, -0.15) is 0 Å². The summed E-state index contributed by atoms with van der Waals surface area (Å²) >= 11 is 0. The molecule has 1 aliphatic heterocycles. The summed E-state index contributed by atoms with van der Waals surface area (Å²) in [5, 5.41) is 2.97. The topological polar surface area (TPSA) is 38.3 Å².